The molecular weight excluding hydrogens is 166 g/mol. The van der Waals surface area contributed by atoms with Crippen LogP contribution in [0.1, 0.15) is 0 Å². The van der Waals surface area contributed by atoms with E-state index in [4.69, 9.17) is 8.85 Å². The second-order valence-corrected chi connectivity index (χ2v) is 4.19. The Balaban J connectivity index is 3.97. The molecule has 11 heavy (non-hydrogen) atoms. The van der Waals surface area contributed by atoms with E-state index in [0.29, 0.717) is 0 Å². The van der Waals surface area contributed by atoms with Crippen molar-refractivity contribution in [2.24, 2.45) is 0 Å². The molecule has 0 aliphatic rings. The predicted molar refractivity (Wildman–Crippen MR) is 41.3 cm³/mol. The van der Waals surface area contributed by atoms with Crippen molar-refractivity contribution in [3.63, 3.8) is 0 Å². The Morgan fingerprint density at radius 2 is 1.73 bits per heavy atom. The zero-order valence-electron chi connectivity index (χ0n) is 7.16. The first kappa shape index (κ1) is 10.4. The highest BCUT2D eigenvalue weighted by atomic mass is 28.3. The SMILES string of the molecule is COC(=O)N(C)[SiH](OC)OC. The summed E-state index contributed by atoms with van der Waals surface area (Å²) >= 11 is 0. The second-order valence-electron chi connectivity index (χ2n) is 1.86. The molecule has 0 radical (unpaired) electrons. The lowest BCUT2D eigenvalue weighted by molar-refractivity contribution is 0.134. The maximum atomic E-state index is 10.8. The summed E-state index contributed by atoms with van der Waals surface area (Å²) in [7, 11) is 3.89. The Labute approximate surface area is 67.8 Å². The van der Waals surface area contributed by atoms with Crippen molar-refractivity contribution in [1.29, 1.82) is 0 Å². The summed E-state index contributed by atoms with van der Waals surface area (Å²) < 4.78 is 15.6. The van der Waals surface area contributed by atoms with Crippen LogP contribution in [0.4, 0.5) is 4.79 Å². The van der Waals surface area contributed by atoms with Crippen LogP contribution < -0.4 is 0 Å². The number of hydrogen-bond donors (Lipinski definition) is 0. The van der Waals surface area contributed by atoms with Crippen LogP contribution in [0.5, 0.6) is 0 Å². The molecule has 6 heteroatoms. The third-order valence-electron chi connectivity index (χ3n) is 1.18. The van der Waals surface area contributed by atoms with Crippen molar-refractivity contribution in [3.8, 4) is 0 Å². The minimum Gasteiger partial charge on any atom is -0.453 e. The highest BCUT2D eigenvalue weighted by Crippen LogP contribution is 1.95. The quantitative estimate of drug-likeness (QED) is 0.558. The monoisotopic (exact) mass is 179 g/mol. The number of ether oxygens (including phenoxy) is 1. The van der Waals surface area contributed by atoms with Crippen LogP contribution in [0.15, 0.2) is 0 Å². The van der Waals surface area contributed by atoms with Crippen molar-refractivity contribution in [3.05, 3.63) is 0 Å². The van der Waals surface area contributed by atoms with Gasteiger partial charge in [0.05, 0.1) is 7.11 Å². The molecule has 0 aromatic carbocycles. The zero-order chi connectivity index (χ0) is 8.85. The fraction of sp³-hybridized carbons (Fsp3) is 0.800. The lowest BCUT2D eigenvalue weighted by atomic mass is 11.1. The van der Waals surface area contributed by atoms with Crippen LogP contribution in [-0.2, 0) is 13.6 Å². The Morgan fingerprint density at radius 3 is 2.00 bits per heavy atom. The smallest absolute Gasteiger partial charge is 0.447 e. The number of nitrogens with zero attached hydrogens (tertiary/aromatic N) is 1. The minimum atomic E-state index is -2.00. The van der Waals surface area contributed by atoms with E-state index < -0.39 is 15.5 Å². The lowest BCUT2D eigenvalue weighted by Gasteiger charge is -2.21. The summed E-state index contributed by atoms with van der Waals surface area (Å²) in [5.74, 6) is 0. The van der Waals surface area contributed by atoms with Gasteiger partial charge in [0.15, 0.2) is 0 Å². The van der Waals surface area contributed by atoms with E-state index >= 15 is 0 Å². The number of hydrogen-bond acceptors (Lipinski definition) is 4. The van der Waals surface area contributed by atoms with E-state index in [-0.39, 0.29) is 0 Å². The highest BCUT2D eigenvalue weighted by Gasteiger charge is 2.22. The van der Waals surface area contributed by atoms with Gasteiger partial charge in [-0.1, -0.05) is 0 Å². The Morgan fingerprint density at radius 1 is 1.27 bits per heavy atom. The molecule has 66 valence electrons. The van der Waals surface area contributed by atoms with E-state index in [2.05, 4.69) is 4.74 Å². The normalized spacial score (nSPS) is 9.91. The Kier molecular flexibility index (Phi) is 4.83. The maximum absolute atomic E-state index is 10.8. The van der Waals surface area contributed by atoms with Gasteiger partial charge in [0.1, 0.15) is 0 Å². The molecule has 0 fully saturated rings. The lowest BCUT2D eigenvalue weighted by Crippen LogP contribution is -2.43. The van der Waals surface area contributed by atoms with Crippen LogP contribution in [-0.4, -0.2) is 48.5 Å². The number of amides is 1. The van der Waals surface area contributed by atoms with E-state index in [9.17, 15) is 4.79 Å². The number of rotatable bonds is 3. The van der Waals surface area contributed by atoms with Crippen LogP contribution in [0.25, 0.3) is 0 Å². The largest absolute Gasteiger partial charge is 0.453 e. The van der Waals surface area contributed by atoms with Gasteiger partial charge in [-0.15, -0.1) is 0 Å². The van der Waals surface area contributed by atoms with Crippen LogP contribution in [0.3, 0.4) is 0 Å². The summed E-state index contributed by atoms with van der Waals surface area (Å²) in [5, 5.41) is 0. The Hall–Kier alpha value is -0.593. The molecule has 0 unspecified atom stereocenters. The van der Waals surface area contributed by atoms with Crippen LogP contribution >= 0.6 is 0 Å². The third-order valence-corrected chi connectivity index (χ3v) is 2.83. The van der Waals surface area contributed by atoms with Gasteiger partial charge in [0, 0.05) is 21.3 Å². The minimum absolute atomic E-state index is 0.439. The van der Waals surface area contributed by atoms with Gasteiger partial charge < -0.3 is 13.6 Å². The van der Waals surface area contributed by atoms with Crippen molar-refractivity contribution in [2.75, 3.05) is 28.4 Å². The standard InChI is InChI=1S/C5H13NO4Si/c1-6(5(7)8-2)11(9-3)10-4/h11H,1-4H3. The third kappa shape index (κ3) is 2.87. The van der Waals surface area contributed by atoms with Gasteiger partial charge >= 0.3 is 15.5 Å². The van der Waals surface area contributed by atoms with Crippen molar-refractivity contribution in [2.45, 2.75) is 0 Å². The molecule has 0 saturated heterocycles. The van der Waals surface area contributed by atoms with Gasteiger partial charge in [-0.2, -0.15) is 0 Å². The van der Waals surface area contributed by atoms with Gasteiger partial charge in [-0.3, -0.25) is 4.57 Å². The first-order valence-corrected chi connectivity index (χ1v) is 4.49. The molecule has 0 aliphatic carbocycles. The molecule has 0 aromatic rings. The molecule has 0 rings (SSSR count). The van der Waals surface area contributed by atoms with E-state index in [1.54, 1.807) is 7.05 Å². The summed E-state index contributed by atoms with van der Waals surface area (Å²) in [6, 6.07) is 0. The van der Waals surface area contributed by atoms with Crippen LogP contribution in [0, 0.1) is 0 Å². The summed E-state index contributed by atoms with van der Waals surface area (Å²) in [6.07, 6.45) is -0.439. The van der Waals surface area contributed by atoms with Gasteiger partial charge in [-0.05, 0) is 0 Å². The molecule has 0 bridgehead atoms. The van der Waals surface area contributed by atoms with Crippen molar-refractivity contribution >= 4 is 15.5 Å². The van der Waals surface area contributed by atoms with Crippen LogP contribution in [0.2, 0.25) is 0 Å². The molecule has 0 spiro atoms. The fourth-order valence-electron chi connectivity index (χ4n) is 0.643. The molecule has 0 aromatic heterocycles. The molecular formula is C5H13NO4Si. The summed E-state index contributed by atoms with van der Waals surface area (Å²) in [6.45, 7) is 0. The highest BCUT2D eigenvalue weighted by molar-refractivity contribution is 6.44. The molecule has 0 atom stereocenters. The van der Waals surface area contributed by atoms with Gasteiger partial charge in [-0.25, -0.2) is 4.79 Å². The fourth-order valence-corrected chi connectivity index (χ4v) is 1.74. The number of methoxy groups -OCH3 is 1. The molecule has 0 saturated carbocycles. The van der Waals surface area contributed by atoms with Crippen molar-refractivity contribution < 1.29 is 18.4 Å². The van der Waals surface area contributed by atoms with Crippen molar-refractivity contribution in [1.82, 2.24) is 4.57 Å². The van der Waals surface area contributed by atoms with E-state index in [1.165, 1.54) is 25.9 Å². The summed E-state index contributed by atoms with van der Waals surface area (Å²) in [4.78, 5) is 10.8. The van der Waals surface area contributed by atoms with Gasteiger partial charge in [0.25, 0.3) is 0 Å². The zero-order valence-corrected chi connectivity index (χ0v) is 8.31. The molecule has 0 aliphatic heterocycles. The molecule has 0 heterocycles. The predicted octanol–water partition coefficient (Wildman–Crippen LogP) is -0.305. The second kappa shape index (κ2) is 5.11. The van der Waals surface area contributed by atoms with E-state index in [1.807, 2.05) is 0 Å². The molecule has 1 amide bonds. The Bertz CT molecular complexity index is 128. The number of carbonyl (C=O) groups is 1. The number of carbonyl (C=O) groups excluding carboxylic acids is 1. The maximum Gasteiger partial charge on any atom is 0.447 e. The van der Waals surface area contributed by atoms with Gasteiger partial charge in [0.2, 0.25) is 0 Å². The van der Waals surface area contributed by atoms with E-state index in [0.717, 1.165) is 0 Å². The first-order valence-electron chi connectivity index (χ1n) is 3.03. The average Bonchev–Trinajstić information content (AvgIpc) is 2.05. The topological polar surface area (TPSA) is 48.0 Å². The average molecular weight is 179 g/mol. The molecule has 5 nitrogen and oxygen atoms in total. The summed E-state index contributed by atoms with van der Waals surface area (Å²) in [5.41, 5.74) is 0. The molecule has 0 N–H and O–H groups in total. The first-order chi connectivity index (χ1) is 5.17.